The van der Waals surface area contributed by atoms with E-state index in [0.29, 0.717) is 0 Å². The van der Waals surface area contributed by atoms with E-state index in [4.69, 9.17) is 0 Å². The monoisotopic (exact) mass is 346 g/mol. The summed E-state index contributed by atoms with van der Waals surface area (Å²) in [7, 11) is 0. The molecule has 0 N–H and O–H groups in total. The zero-order valence-electron chi connectivity index (χ0n) is 8.83. The SMILES string of the molecule is FC(F)(F)C(F)(F)COc1nccn2nc(Br)nc12. The Morgan fingerprint density at radius 3 is 2.58 bits per heavy atom. The van der Waals surface area contributed by atoms with Gasteiger partial charge in [-0.2, -0.15) is 26.9 Å². The summed E-state index contributed by atoms with van der Waals surface area (Å²) in [6.07, 6.45) is -3.22. The van der Waals surface area contributed by atoms with Gasteiger partial charge in [-0.1, -0.05) is 0 Å². The van der Waals surface area contributed by atoms with Crippen molar-refractivity contribution in [3.63, 3.8) is 0 Å². The molecule has 11 heteroatoms. The van der Waals surface area contributed by atoms with Crippen LogP contribution in [0.2, 0.25) is 0 Å². The van der Waals surface area contributed by atoms with Gasteiger partial charge in [0.15, 0.2) is 6.61 Å². The highest BCUT2D eigenvalue weighted by Crippen LogP contribution is 2.35. The average Bonchev–Trinajstić information content (AvgIpc) is 2.65. The van der Waals surface area contributed by atoms with Crippen molar-refractivity contribution in [1.82, 2.24) is 19.6 Å². The van der Waals surface area contributed by atoms with E-state index < -0.39 is 24.6 Å². The summed E-state index contributed by atoms with van der Waals surface area (Å²) in [5.74, 6) is -5.44. The standard InChI is InChI=1S/C8H4BrF5N4O/c9-6-16-4-5(15-1-2-18(4)17-6)19-3-7(10,11)8(12,13)14/h1-2H,3H2. The van der Waals surface area contributed by atoms with Crippen molar-refractivity contribution in [3.05, 3.63) is 17.1 Å². The van der Waals surface area contributed by atoms with Gasteiger partial charge in [0.1, 0.15) is 0 Å². The molecular formula is C8H4BrF5N4O. The lowest BCUT2D eigenvalue weighted by Crippen LogP contribution is -2.41. The van der Waals surface area contributed by atoms with Crippen molar-refractivity contribution >= 4 is 21.6 Å². The average molecular weight is 347 g/mol. The second-order valence-electron chi connectivity index (χ2n) is 3.37. The second-order valence-corrected chi connectivity index (χ2v) is 4.08. The van der Waals surface area contributed by atoms with Gasteiger partial charge < -0.3 is 4.74 Å². The van der Waals surface area contributed by atoms with Gasteiger partial charge in [-0.05, 0) is 15.9 Å². The Balaban J connectivity index is 2.23. The first-order valence-electron chi connectivity index (χ1n) is 4.65. The zero-order valence-corrected chi connectivity index (χ0v) is 10.4. The topological polar surface area (TPSA) is 52.3 Å². The van der Waals surface area contributed by atoms with Gasteiger partial charge in [0.05, 0.1) is 0 Å². The van der Waals surface area contributed by atoms with E-state index in [1.165, 1.54) is 6.20 Å². The summed E-state index contributed by atoms with van der Waals surface area (Å²) in [6.45, 7) is -1.88. The molecule has 2 rings (SSSR count). The first-order chi connectivity index (χ1) is 8.71. The molecule has 0 aromatic carbocycles. The highest BCUT2D eigenvalue weighted by molar-refractivity contribution is 9.10. The molecule has 2 heterocycles. The van der Waals surface area contributed by atoms with Crippen LogP contribution < -0.4 is 4.74 Å². The van der Waals surface area contributed by atoms with Gasteiger partial charge in [0.25, 0.3) is 5.88 Å². The maximum atomic E-state index is 12.7. The molecule has 0 radical (unpaired) electrons. The molecule has 0 saturated heterocycles. The van der Waals surface area contributed by atoms with Crippen LogP contribution in [0.3, 0.4) is 0 Å². The predicted octanol–water partition coefficient (Wildman–Crippen LogP) is 2.46. The zero-order chi connectivity index (χ0) is 14.3. The third-order valence-corrected chi connectivity index (χ3v) is 2.34. The minimum absolute atomic E-state index is 0.0765. The Morgan fingerprint density at radius 1 is 1.26 bits per heavy atom. The van der Waals surface area contributed by atoms with Crippen molar-refractivity contribution in [2.75, 3.05) is 6.61 Å². The van der Waals surface area contributed by atoms with Crippen LogP contribution in [0.15, 0.2) is 17.1 Å². The quantitative estimate of drug-likeness (QED) is 0.801. The van der Waals surface area contributed by atoms with Crippen molar-refractivity contribution in [2.45, 2.75) is 12.1 Å². The molecule has 0 spiro atoms. The summed E-state index contributed by atoms with van der Waals surface area (Å²) in [4.78, 5) is 7.27. The van der Waals surface area contributed by atoms with Crippen LogP contribution in [0.4, 0.5) is 22.0 Å². The van der Waals surface area contributed by atoms with Crippen LogP contribution in [0.5, 0.6) is 5.88 Å². The molecule has 0 aliphatic heterocycles. The van der Waals surface area contributed by atoms with Crippen LogP contribution in [-0.4, -0.2) is 38.3 Å². The maximum absolute atomic E-state index is 12.7. The van der Waals surface area contributed by atoms with E-state index in [9.17, 15) is 22.0 Å². The summed E-state index contributed by atoms with van der Waals surface area (Å²) >= 11 is 2.93. The Labute approximate surface area is 110 Å². The lowest BCUT2D eigenvalue weighted by atomic mass is 10.3. The van der Waals surface area contributed by atoms with Gasteiger partial charge in [-0.25, -0.2) is 9.50 Å². The van der Waals surface area contributed by atoms with E-state index in [1.807, 2.05) is 0 Å². The molecule has 0 aliphatic rings. The molecular weight excluding hydrogens is 343 g/mol. The number of halogens is 6. The number of hydrogen-bond donors (Lipinski definition) is 0. The molecule has 19 heavy (non-hydrogen) atoms. The first kappa shape index (κ1) is 13.9. The van der Waals surface area contributed by atoms with Crippen LogP contribution in [0.25, 0.3) is 5.65 Å². The molecule has 0 aliphatic carbocycles. The van der Waals surface area contributed by atoms with E-state index in [1.54, 1.807) is 0 Å². The lowest BCUT2D eigenvalue weighted by Gasteiger charge is -2.19. The van der Waals surface area contributed by atoms with Crippen molar-refractivity contribution in [3.8, 4) is 5.88 Å². The fourth-order valence-corrected chi connectivity index (χ4v) is 1.45. The van der Waals surface area contributed by atoms with Crippen LogP contribution in [-0.2, 0) is 0 Å². The van der Waals surface area contributed by atoms with E-state index in [2.05, 4.69) is 35.7 Å². The molecule has 104 valence electrons. The molecule has 5 nitrogen and oxygen atoms in total. The predicted molar refractivity (Wildman–Crippen MR) is 55.0 cm³/mol. The number of alkyl halides is 5. The van der Waals surface area contributed by atoms with Crippen molar-refractivity contribution in [1.29, 1.82) is 0 Å². The Bertz CT molecular complexity index is 598. The van der Waals surface area contributed by atoms with E-state index in [-0.39, 0.29) is 10.4 Å². The molecule has 2 aromatic rings. The van der Waals surface area contributed by atoms with E-state index in [0.717, 1.165) is 10.7 Å². The summed E-state index contributed by atoms with van der Waals surface area (Å²) in [5, 5.41) is 3.76. The van der Waals surface area contributed by atoms with Crippen LogP contribution >= 0.6 is 15.9 Å². The van der Waals surface area contributed by atoms with Crippen molar-refractivity contribution in [2.24, 2.45) is 0 Å². The Morgan fingerprint density at radius 2 is 1.95 bits per heavy atom. The number of nitrogens with zero attached hydrogens (tertiary/aromatic N) is 4. The third-order valence-electron chi connectivity index (χ3n) is 2.00. The summed E-state index contributed by atoms with van der Waals surface area (Å²) in [5.41, 5.74) is -0.0765. The number of ether oxygens (including phenoxy) is 1. The lowest BCUT2D eigenvalue weighted by molar-refractivity contribution is -0.290. The molecule has 2 aromatic heterocycles. The van der Waals surface area contributed by atoms with Gasteiger partial charge in [-0.15, -0.1) is 5.10 Å². The Hall–Kier alpha value is -1.52. The third kappa shape index (κ3) is 2.74. The molecule has 0 fully saturated rings. The number of aromatic nitrogens is 4. The van der Waals surface area contributed by atoms with E-state index >= 15 is 0 Å². The molecule has 0 amide bonds. The van der Waals surface area contributed by atoms with Gasteiger partial charge in [-0.3, -0.25) is 0 Å². The smallest absolute Gasteiger partial charge is 0.456 e. The summed E-state index contributed by atoms with van der Waals surface area (Å²) < 4.78 is 66.9. The number of fused-ring (bicyclic) bond motifs is 1. The summed E-state index contributed by atoms with van der Waals surface area (Å²) in [6, 6.07) is 0. The largest absolute Gasteiger partial charge is 0.468 e. The van der Waals surface area contributed by atoms with Crippen LogP contribution in [0, 0.1) is 0 Å². The Kier molecular flexibility index (Phi) is 3.32. The number of rotatable bonds is 3. The molecule has 0 bridgehead atoms. The number of hydrogen-bond acceptors (Lipinski definition) is 4. The minimum atomic E-state index is -5.69. The van der Waals surface area contributed by atoms with Crippen LogP contribution in [0.1, 0.15) is 0 Å². The molecule has 0 saturated carbocycles. The maximum Gasteiger partial charge on any atom is 0.456 e. The second kappa shape index (κ2) is 4.54. The van der Waals surface area contributed by atoms with Gasteiger partial charge in [0, 0.05) is 12.4 Å². The molecule has 0 atom stereocenters. The fraction of sp³-hybridized carbons (Fsp3) is 0.375. The highest BCUT2D eigenvalue weighted by Gasteiger charge is 2.58. The minimum Gasteiger partial charge on any atom is -0.468 e. The van der Waals surface area contributed by atoms with Gasteiger partial charge in [0.2, 0.25) is 10.4 Å². The van der Waals surface area contributed by atoms with Gasteiger partial charge >= 0.3 is 12.1 Å². The normalized spacial score (nSPS) is 12.9. The van der Waals surface area contributed by atoms with Crippen molar-refractivity contribution < 1.29 is 26.7 Å². The molecule has 0 unspecified atom stereocenters. The first-order valence-corrected chi connectivity index (χ1v) is 5.44. The fourth-order valence-electron chi connectivity index (χ4n) is 1.11. The highest BCUT2D eigenvalue weighted by atomic mass is 79.9.